The van der Waals surface area contributed by atoms with E-state index in [1.807, 2.05) is 25.1 Å². The summed E-state index contributed by atoms with van der Waals surface area (Å²) in [5.74, 6) is 7.21. The Morgan fingerprint density at radius 3 is 2.84 bits per heavy atom. The summed E-state index contributed by atoms with van der Waals surface area (Å²) in [6.07, 6.45) is 4.71. The molecule has 2 rings (SSSR count). The predicted molar refractivity (Wildman–Crippen MR) is 124 cm³/mol. The molecule has 1 aromatic carbocycles. The molecule has 1 aliphatic rings. The Kier molecular flexibility index (Phi) is 11.2. The Morgan fingerprint density at radius 1 is 1.48 bits per heavy atom. The van der Waals surface area contributed by atoms with E-state index in [9.17, 15) is 9.59 Å². The average Bonchev–Trinajstić information content (AvgIpc) is 3.04. The van der Waals surface area contributed by atoms with Crippen molar-refractivity contribution >= 4 is 18.2 Å². The summed E-state index contributed by atoms with van der Waals surface area (Å²) in [5.41, 5.74) is 7.95. The molecule has 31 heavy (non-hydrogen) atoms. The number of allylic oxidation sites excluding steroid dienone is 1. The summed E-state index contributed by atoms with van der Waals surface area (Å²) in [7, 11) is 5.15. The van der Waals surface area contributed by atoms with Crippen molar-refractivity contribution in [1.29, 1.82) is 0 Å². The van der Waals surface area contributed by atoms with E-state index < -0.39 is 0 Å². The number of fused-ring (bicyclic) bond motifs is 1. The van der Waals surface area contributed by atoms with Gasteiger partial charge in [0, 0.05) is 37.8 Å². The van der Waals surface area contributed by atoms with E-state index in [-0.39, 0.29) is 11.9 Å². The molecule has 0 fully saturated rings. The average molecular weight is 426 g/mol. The quantitative estimate of drug-likeness (QED) is 0.253. The number of methoxy groups -OCH3 is 1. The number of carbonyl (C=O) groups is 2. The SMILES string of the molecule is C=C(NC=O)C(C#CC/C=C\C(N)=NCC)NC.COc1ccc2c(c1)C(=O)N(C)C2. The normalized spacial score (nSPS) is 13.5. The molecule has 1 aromatic rings. The fraction of sp³-hybridized carbons (Fsp3) is 0.348. The molecule has 0 radical (unpaired) electrons. The van der Waals surface area contributed by atoms with Crippen molar-refractivity contribution < 1.29 is 14.3 Å². The monoisotopic (exact) mass is 425 g/mol. The second-order valence-electron chi connectivity index (χ2n) is 6.52. The van der Waals surface area contributed by atoms with Crippen LogP contribution in [0, 0.1) is 11.8 Å². The molecule has 0 saturated heterocycles. The van der Waals surface area contributed by atoms with E-state index in [4.69, 9.17) is 10.5 Å². The van der Waals surface area contributed by atoms with Crippen molar-refractivity contribution in [1.82, 2.24) is 15.5 Å². The minimum absolute atomic E-state index is 0.0777. The Labute approximate surface area is 184 Å². The molecule has 1 unspecified atom stereocenters. The van der Waals surface area contributed by atoms with Crippen molar-refractivity contribution in [2.45, 2.75) is 25.9 Å². The number of hydrogen-bond acceptors (Lipinski definition) is 5. The van der Waals surface area contributed by atoms with Crippen LogP contribution in [0.3, 0.4) is 0 Å². The minimum atomic E-state index is -0.259. The molecule has 0 saturated carbocycles. The molecule has 166 valence electrons. The maximum absolute atomic E-state index is 11.5. The number of aliphatic imine (C=N–C) groups is 1. The van der Waals surface area contributed by atoms with E-state index in [2.05, 4.69) is 34.0 Å². The van der Waals surface area contributed by atoms with Gasteiger partial charge in [0.05, 0.1) is 7.11 Å². The summed E-state index contributed by atoms with van der Waals surface area (Å²) in [6, 6.07) is 5.35. The van der Waals surface area contributed by atoms with E-state index in [1.165, 1.54) is 0 Å². The molecule has 0 aliphatic carbocycles. The highest BCUT2D eigenvalue weighted by atomic mass is 16.5. The summed E-state index contributed by atoms with van der Waals surface area (Å²) in [5, 5.41) is 5.41. The molecule has 4 N–H and O–H groups in total. The van der Waals surface area contributed by atoms with Gasteiger partial charge in [-0.25, -0.2) is 0 Å². The number of nitrogens with one attached hydrogen (secondary N) is 2. The second kappa shape index (κ2) is 13.6. The van der Waals surface area contributed by atoms with Gasteiger partial charge in [0.1, 0.15) is 17.6 Å². The Hall–Kier alpha value is -3.57. The van der Waals surface area contributed by atoms with Crippen LogP contribution in [-0.4, -0.2) is 56.8 Å². The van der Waals surface area contributed by atoms with Crippen LogP contribution in [0.1, 0.15) is 29.3 Å². The third-order valence-electron chi connectivity index (χ3n) is 4.28. The van der Waals surface area contributed by atoms with Crippen LogP contribution in [0.5, 0.6) is 5.75 Å². The van der Waals surface area contributed by atoms with Gasteiger partial charge in [-0.3, -0.25) is 14.6 Å². The lowest BCUT2D eigenvalue weighted by Crippen LogP contribution is -2.31. The van der Waals surface area contributed by atoms with Crippen LogP contribution >= 0.6 is 0 Å². The number of benzene rings is 1. The van der Waals surface area contributed by atoms with Gasteiger partial charge < -0.3 is 26.0 Å². The largest absolute Gasteiger partial charge is 0.497 e. The van der Waals surface area contributed by atoms with Crippen LogP contribution < -0.4 is 21.1 Å². The van der Waals surface area contributed by atoms with Crippen LogP contribution in [0.2, 0.25) is 0 Å². The van der Waals surface area contributed by atoms with Crippen LogP contribution in [0.15, 0.2) is 47.6 Å². The number of nitrogens with zero attached hydrogens (tertiary/aromatic N) is 2. The summed E-state index contributed by atoms with van der Waals surface area (Å²) in [6.45, 7) is 7.00. The van der Waals surface area contributed by atoms with Gasteiger partial charge in [-0.15, -0.1) is 0 Å². The van der Waals surface area contributed by atoms with Crippen molar-refractivity contribution in [3.63, 3.8) is 0 Å². The van der Waals surface area contributed by atoms with E-state index in [0.29, 0.717) is 37.5 Å². The molecular formula is C23H31N5O3. The maximum Gasteiger partial charge on any atom is 0.254 e. The number of carbonyl (C=O) groups excluding carboxylic acids is 2. The van der Waals surface area contributed by atoms with E-state index in [1.54, 1.807) is 38.2 Å². The Balaban J connectivity index is 0.000000323. The van der Waals surface area contributed by atoms with Gasteiger partial charge >= 0.3 is 0 Å². The summed E-state index contributed by atoms with van der Waals surface area (Å²) >= 11 is 0. The lowest BCUT2D eigenvalue weighted by molar-refractivity contribution is -0.109. The molecule has 1 atom stereocenters. The lowest BCUT2D eigenvalue weighted by Gasteiger charge is -2.10. The third-order valence-corrected chi connectivity index (χ3v) is 4.28. The van der Waals surface area contributed by atoms with E-state index in [0.717, 1.165) is 16.9 Å². The first kappa shape index (κ1) is 25.5. The molecule has 0 spiro atoms. The van der Waals surface area contributed by atoms with Crippen molar-refractivity contribution in [2.75, 3.05) is 27.7 Å². The highest BCUT2D eigenvalue weighted by molar-refractivity contribution is 5.98. The standard InChI is InChI=1S/C13H20N4O.C10H11NO2/c1-4-16-13(14)9-7-5-6-8-12(15-3)11(2)17-10-18;1-11-6-7-3-4-8(13-2)5-9(7)10(11)12/h7,9-10,12,15H,2,4-5H2,1,3H3,(H2,14,16)(H,17,18);3-5H,6H2,1-2H3/b9-7-;. The topological polar surface area (TPSA) is 109 Å². The third kappa shape index (κ3) is 8.36. The first-order chi connectivity index (χ1) is 14.9. The molecule has 1 aliphatic heterocycles. The van der Waals surface area contributed by atoms with Gasteiger partial charge in [-0.2, -0.15) is 0 Å². The molecule has 1 heterocycles. The molecule has 0 aromatic heterocycles. The van der Waals surface area contributed by atoms with Crippen LogP contribution in [0.4, 0.5) is 0 Å². The fourth-order valence-electron chi connectivity index (χ4n) is 2.68. The summed E-state index contributed by atoms with van der Waals surface area (Å²) in [4.78, 5) is 27.5. The van der Waals surface area contributed by atoms with Gasteiger partial charge in [0.2, 0.25) is 6.41 Å². The first-order valence-electron chi connectivity index (χ1n) is 9.81. The zero-order valence-corrected chi connectivity index (χ0v) is 18.6. The van der Waals surface area contributed by atoms with Crippen LogP contribution in [0.25, 0.3) is 0 Å². The van der Waals surface area contributed by atoms with Gasteiger partial charge in [-0.05, 0) is 37.7 Å². The van der Waals surface area contributed by atoms with Crippen molar-refractivity contribution in [3.8, 4) is 17.6 Å². The van der Waals surface area contributed by atoms with Crippen molar-refractivity contribution in [2.24, 2.45) is 10.7 Å². The highest BCUT2D eigenvalue weighted by Gasteiger charge is 2.24. The zero-order valence-electron chi connectivity index (χ0n) is 18.6. The molecule has 8 heteroatoms. The lowest BCUT2D eigenvalue weighted by atomic mass is 10.1. The van der Waals surface area contributed by atoms with Crippen molar-refractivity contribution in [3.05, 3.63) is 53.8 Å². The Morgan fingerprint density at radius 2 is 2.23 bits per heavy atom. The molecule has 2 amide bonds. The van der Waals surface area contributed by atoms with Gasteiger partial charge in [-0.1, -0.05) is 30.6 Å². The Bertz CT molecular complexity index is 896. The fourth-order valence-corrected chi connectivity index (χ4v) is 2.68. The zero-order chi connectivity index (χ0) is 23.2. The number of hydrogen-bond donors (Lipinski definition) is 3. The maximum atomic E-state index is 11.5. The second-order valence-corrected chi connectivity index (χ2v) is 6.52. The number of nitrogens with two attached hydrogens (primary N) is 1. The minimum Gasteiger partial charge on any atom is -0.497 e. The number of ether oxygens (including phenoxy) is 1. The highest BCUT2D eigenvalue weighted by Crippen LogP contribution is 2.25. The number of rotatable bonds is 8. The van der Waals surface area contributed by atoms with Gasteiger partial charge in [0.15, 0.2) is 0 Å². The molecule has 8 nitrogen and oxygen atoms in total. The smallest absolute Gasteiger partial charge is 0.254 e. The molecule has 0 bridgehead atoms. The molecular weight excluding hydrogens is 394 g/mol. The number of amidine groups is 1. The first-order valence-corrected chi connectivity index (χ1v) is 9.81. The summed E-state index contributed by atoms with van der Waals surface area (Å²) < 4.78 is 5.05. The van der Waals surface area contributed by atoms with Gasteiger partial charge in [0.25, 0.3) is 5.91 Å². The van der Waals surface area contributed by atoms with Crippen LogP contribution in [-0.2, 0) is 11.3 Å². The number of amides is 2. The number of likely N-dealkylation sites (N-methyl/N-ethyl adjacent to an activating group) is 1. The predicted octanol–water partition coefficient (Wildman–Crippen LogP) is 1.44. The van der Waals surface area contributed by atoms with E-state index >= 15 is 0 Å².